The van der Waals surface area contributed by atoms with Crippen LogP contribution in [0.1, 0.15) is 23.2 Å². The number of amides is 1. The molecule has 6 nitrogen and oxygen atoms in total. The number of hydrogen-bond acceptors (Lipinski definition) is 5. The van der Waals surface area contributed by atoms with Crippen molar-refractivity contribution in [1.82, 2.24) is 5.32 Å². The van der Waals surface area contributed by atoms with E-state index in [1.54, 1.807) is 32.4 Å². The highest BCUT2D eigenvalue weighted by atomic mass is 16.5. The van der Waals surface area contributed by atoms with E-state index < -0.39 is 5.54 Å². The SMILES string of the molecule is COc1cc(OC)cc(C(=O)NC2(CN)CCOCC2)c1. The van der Waals surface area contributed by atoms with Crippen LogP contribution in [-0.4, -0.2) is 45.4 Å². The molecule has 0 aliphatic carbocycles. The number of rotatable bonds is 5. The first-order valence-corrected chi connectivity index (χ1v) is 6.96. The van der Waals surface area contributed by atoms with Gasteiger partial charge in [-0.25, -0.2) is 0 Å². The molecule has 21 heavy (non-hydrogen) atoms. The van der Waals surface area contributed by atoms with Gasteiger partial charge >= 0.3 is 0 Å². The molecule has 0 unspecified atom stereocenters. The highest BCUT2D eigenvalue weighted by Crippen LogP contribution is 2.24. The van der Waals surface area contributed by atoms with Crippen molar-refractivity contribution in [2.45, 2.75) is 18.4 Å². The summed E-state index contributed by atoms with van der Waals surface area (Å²) in [5.41, 5.74) is 5.95. The number of nitrogens with one attached hydrogen (secondary N) is 1. The molecule has 0 aromatic heterocycles. The lowest BCUT2D eigenvalue weighted by molar-refractivity contribution is 0.0388. The minimum absolute atomic E-state index is 0.181. The number of nitrogens with two attached hydrogens (primary N) is 1. The van der Waals surface area contributed by atoms with Gasteiger partial charge in [0.05, 0.1) is 19.8 Å². The van der Waals surface area contributed by atoms with Crippen molar-refractivity contribution in [3.05, 3.63) is 23.8 Å². The summed E-state index contributed by atoms with van der Waals surface area (Å²) in [6.45, 7) is 1.61. The van der Waals surface area contributed by atoms with Gasteiger partial charge in [0.1, 0.15) is 11.5 Å². The molecule has 2 rings (SSSR count). The van der Waals surface area contributed by atoms with Crippen molar-refractivity contribution in [2.75, 3.05) is 34.0 Å². The van der Waals surface area contributed by atoms with Crippen molar-refractivity contribution < 1.29 is 19.0 Å². The second-order valence-electron chi connectivity index (χ2n) is 5.15. The van der Waals surface area contributed by atoms with Crippen LogP contribution in [-0.2, 0) is 4.74 Å². The first kappa shape index (κ1) is 15.6. The van der Waals surface area contributed by atoms with Gasteiger partial charge in [-0.3, -0.25) is 4.79 Å². The van der Waals surface area contributed by atoms with Crippen LogP contribution < -0.4 is 20.5 Å². The number of ether oxygens (including phenoxy) is 3. The predicted molar refractivity (Wildman–Crippen MR) is 78.9 cm³/mol. The van der Waals surface area contributed by atoms with Gasteiger partial charge in [0.2, 0.25) is 0 Å². The molecule has 0 radical (unpaired) electrons. The Labute approximate surface area is 124 Å². The van der Waals surface area contributed by atoms with Gasteiger partial charge in [-0.05, 0) is 25.0 Å². The number of benzene rings is 1. The zero-order chi connectivity index (χ0) is 15.3. The van der Waals surface area contributed by atoms with Crippen LogP contribution >= 0.6 is 0 Å². The molecule has 0 atom stereocenters. The van der Waals surface area contributed by atoms with Gasteiger partial charge in [-0.2, -0.15) is 0 Å². The summed E-state index contributed by atoms with van der Waals surface area (Å²) in [6.07, 6.45) is 1.44. The standard InChI is InChI=1S/C15H22N2O4/c1-19-12-7-11(8-13(9-12)20-2)14(18)17-15(10-16)3-5-21-6-4-15/h7-9H,3-6,10,16H2,1-2H3,(H,17,18). The van der Waals surface area contributed by atoms with E-state index in [4.69, 9.17) is 19.9 Å². The number of carbonyl (C=O) groups is 1. The van der Waals surface area contributed by atoms with Crippen molar-refractivity contribution in [3.63, 3.8) is 0 Å². The maximum atomic E-state index is 12.5. The van der Waals surface area contributed by atoms with Crippen LogP contribution in [0.2, 0.25) is 0 Å². The normalized spacial score (nSPS) is 17.1. The van der Waals surface area contributed by atoms with Crippen LogP contribution in [0.25, 0.3) is 0 Å². The molecule has 116 valence electrons. The minimum atomic E-state index is -0.397. The van der Waals surface area contributed by atoms with E-state index in [9.17, 15) is 4.79 Å². The first-order chi connectivity index (χ1) is 10.1. The quantitative estimate of drug-likeness (QED) is 0.844. The fourth-order valence-electron chi connectivity index (χ4n) is 2.39. The highest BCUT2D eigenvalue weighted by Gasteiger charge is 2.33. The summed E-state index contributed by atoms with van der Waals surface area (Å²) in [5.74, 6) is 0.973. The highest BCUT2D eigenvalue weighted by molar-refractivity contribution is 5.95. The largest absolute Gasteiger partial charge is 0.497 e. The fraction of sp³-hybridized carbons (Fsp3) is 0.533. The topological polar surface area (TPSA) is 82.8 Å². The zero-order valence-corrected chi connectivity index (χ0v) is 12.5. The summed E-state index contributed by atoms with van der Waals surface area (Å²) in [6, 6.07) is 5.09. The van der Waals surface area contributed by atoms with Crippen molar-refractivity contribution in [1.29, 1.82) is 0 Å². The molecule has 1 aromatic carbocycles. The average Bonchev–Trinajstić information content (AvgIpc) is 2.55. The molecule has 1 aliphatic rings. The maximum absolute atomic E-state index is 12.5. The summed E-state index contributed by atoms with van der Waals surface area (Å²) in [5, 5.41) is 3.05. The van der Waals surface area contributed by atoms with Crippen LogP contribution in [0.4, 0.5) is 0 Å². The molecule has 1 aromatic rings. The molecule has 3 N–H and O–H groups in total. The van der Waals surface area contributed by atoms with Crippen molar-refractivity contribution in [3.8, 4) is 11.5 Å². The van der Waals surface area contributed by atoms with Gasteiger partial charge in [0.25, 0.3) is 5.91 Å². The summed E-state index contributed by atoms with van der Waals surface area (Å²) in [4.78, 5) is 12.5. The summed E-state index contributed by atoms with van der Waals surface area (Å²) < 4.78 is 15.7. The van der Waals surface area contributed by atoms with E-state index in [-0.39, 0.29) is 5.91 Å². The zero-order valence-electron chi connectivity index (χ0n) is 12.5. The average molecular weight is 294 g/mol. The smallest absolute Gasteiger partial charge is 0.252 e. The lowest BCUT2D eigenvalue weighted by atomic mass is 9.89. The molecule has 6 heteroatoms. The molecular formula is C15H22N2O4. The van der Waals surface area contributed by atoms with Gasteiger partial charge < -0.3 is 25.3 Å². The lowest BCUT2D eigenvalue weighted by Gasteiger charge is -2.37. The van der Waals surface area contributed by atoms with Gasteiger partial charge in [-0.1, -0.05) is 0 Å². The molecule has 0 spiro atoms. The Morgan fingerprint density at radius 1 is 1.24 bits per heavy atom. The van der Waals surface area contributed by atoms with Gasteiger partial charge in [0.15, 0.2) is 0 Å². The van der Waals surface area contributed by atoms with Crippen molar-refractivity contribution >= 4 is 5.91 Å². The monoisotopic (exact) mass is 294 g/mol. The molecule has 1 amide bonds. The van der Waals surface area contributed by atoms with Crippen molar-refractivity contribution in [2.24, 2.45) is 5.73 Å². The third kappa shape index (κ3) is 3.65. The molecule has 0 bridgehead atoms. The first-order valence-electron chi connectivity index (χ1n) is 6.96. The van der Waals surface area contributed by atoms with E-state index in [1.165, 1.54) is 0 Å². The van der Waals surface area contributed by atoms with E-state index in [2.05, 4.69) is 5.32 Å². The molecule has 1 saturated heterocycles. The van der Waals surface area contributed by atoms with Crippen LogP contribution in [0.5, 0.6) is 11.5 Å². The van der Waals surface area contributed by atoms with Crippen LogP contribution in [0.3, 0.4) is 0 Å². The second-order valence-corrected chi connectivity index (χ2v) is 5.15. The Morgan fingerprint density at radius 2 is 1.81 bits per heavy atom. The Bertz CT molecular complexity index is 476. The van der Waals surface area contributed by atoms with Gasteiger partial charge in [0, 0.05) is 31.4 Å². The minimum Gasteiger partial charge on any atom is -0.497 e. The third-order valence-corrected chi connectivity index (χ3v) is 3.83. The lowest BCUT2D eigenvalue weighted by Crippen LogP contribution is -2.56. The molecule has 1 aliphatic heterocycles. The van der Waals surface area contributed by atoms with E-state index >= 15 is 0 Å². The fourth-order valence-corrected chi connectivity index (χ4v) is 2.39. The number of hydrogen-bond donors (Lipinski definition) is 2. The number of carbonyl (C=O) groups excluding carboxylic acids is 1. The third-order valence-electron chi connectivity index (χ3n) is 3.83. The second kappa shape index (κ2) is 6.78. The Balaban J connectivity index is 2.19. The van der Waals surface area contributed by atoms with E-state index in [0.29, 0.717) is 36.8 Å². The van der Waals surface area contributed by atoms with Crippen LogP contribution in [0.15, 0.2) is 18.2 Å². The predicted octanol–water partition coefficient (Wildman–Crippen LogP) is 0.941. The molecular weight excluding hydrogens is 272 g/mol. The molecule has 0 saturated carbocycles. The summed E-state index contributed by atoms with van der Waals surface area (Å²) in [7, 11) is 3.10. The Hall–Kier alpha value is -1.79. The maximum Gasteiger partial charge on any atom is 0.252 e. The van der Waals surface area contributed by atoms with Gasteiger partial charge in [-0.15, -0.1) is 0 Å². The Kier molecular flexibility index (Phi) is 5.03. The summed E-state index contributed by atoms with van der Waals surface area (Å²) >= 11 is 0. The van der Waals surface area contributed by atoms with Crippen LogP contribution in [0, 0.1) is 0 Å². The van der Waals surface area contributed by atoms with E-state index in [0.717, 1.165) is 12.8 Å². The Morgan fingerprint density at radius 3 is 2.29 bits per heavy atom. The molecule has 1 fully saturated rings. The number of methoxy groups -OCH3 is 2. The van der Waals surface area contributed by atoms with E-state index in [1.807, 2.05) is 0 Å². The molecule has 1 heterocycles.